The highest BCUT2D eigenvalue weighted by atomic mass is 16.5. The van der Waals surface area contributed by atoms with Crippen molar-refractivity contribution in [1.29, 1.82) is 0 Å². The first-order valence-electron chi connectivity index (χ1n) is 11.4. The summed E-state index contributed by atoms with van der Waals surface area (Å²) in [6, 6.07) is 19.0. The minimum absolute atomic E-state index is 0.658. The molecule has 0 unspecified atom stereocenters. The van der Waals surface area contributed by atoms with Crippen molar-refractivity contribution in [1.82, 2.24) is 24.8 Å². The van der Waals surface area contributed by atoms with E-state index >= 15 is 0 Å². The Morgan fingerprint density at radius 1 is 0.970 bits per heavy atom. The van der Waals surface area contributed by atoms with Crippen molar-refractivity contribution in [2.24, 2.45) is 0 Å². The number of hydrogen-bond acceptors (Lipinski definition) is 6. The zero-order chi connectivity index (χ0) is 22.6. The van der Waals surface area contributed by atoms with Gasteiger partial charge in [0.25, 0.3) is 0 Å². The van der Waals surface area contributed by atoms with Gasteiger partial charge in [0.05, 0.1) is 12.5 Å². The van der Waals surface area contributed by atoms with Gasteiger partial charge in [-0.1, -0.05) is 36.4 Å². The molecule has 0 bridgehead atoms. The molecule has 0 spiro atoms. The van der Waals surface area contributed by atoms with Gasteiger partial charge in [0, 0.05) is 45.0 Å². The first-order chi connectivity index (χ1) is 16.2. The lowest BCUT2D eigenvalue weighted by Crippen LogP contribution is -2.43. The number of hydrogen-bond donors (Lipinski definition) is 2. The van der Waals surface area contributed by atoms with E-state index < -0.39 is 0 Å². The van der Waals surface area contributed by atoms with Gasteiger partial charge in [-0.25, -0.2) is 9.97 Å². The fraction of sp³-hybridized carbons (Fsp3) is 0.308. The quantitative estimate of drug-likeness (QED) is 0.451. The van der Waals surface area contributed by atoms with Gasteiger partial charge < -0.3 is 19.9 Å². The van der Waals surface area contributed by atoms with E-state index in [1.165, 1.54) is 5.56 Å². The average Bonchev–Trinajstić information content (AvgIpc) is 3.30. The molecule has 1 saturated heterocycles. The molecule has 2 aromatic carbocycles. The van der Waals surface area contributed by atoms with Crippen molar-refractivity contribution in [3.8, 4) is 17.0 Å². The SMILES string of the molecule is COc1cccc(CNc2ncnc3[nH]c(-c4ccc(CN5CCN(C)CC5)cc4)cc23)c1. The van der Waals surface area contributed by atoms with Crippen molar-refractivity contribution >= 4 is 16.9 Å². The van der Waals surface area contributed by atoms with E-state index in [0.717, 1.165) is 72.1 Å². The Balaban J connectivity index is 1.30. The molecule has 5 rings (SSSR count). The number of H-pyrrole nitrogens is 1. The van der Waals surface area contributed by atoms with Crippen LogP contribution in [0.25, 0.3) is 22.3 Å². The summed E-state index contributed by atoms with van der Waals surface area (Å²) in [6.45, 7) is 6.20. The molecule has 0 atom stereocenters. The Kier molecular flexibility index (Phi) is 6.24. The molecule has 0 aliphatic carbocycles. The molecule has 7 nitrogen and oxygen atoms in total. The molecule has 1 aliphatic rings. The Morgan fingerprint density at radius 3 is 2.58 bits per heavy atom. The van der Waals surface area contributed by atoms with E-state index in [0.29, 0.717) is 6.54 Å². The minimum Gasteiger partial charge on any atom is -0.497 e. The largest absolute Gasteiger partial charge is 0.497 e. The number of anilines is 1. The smallest absolute Gasteiger partial charge is 0.143 e. The van der Waals surface area contributed by atoms with Gasteiger partial charge in [0.15, 0.2) is 0 Å². The summed E-state index contributed by atoms with van der Waals surface area (Å²) < 4.78 is 5.32. The number of nitrogens with zero attached hydrogens (tertiary/aromatic N) is 4. The van der Waals surface area contributed by atoms with Crippen molar-refractivity contribution in [3.05, 3.63) is 72.1 Å². The molecule has 1 fully saturated rings. The average molecular weight is 443 g/mol. The number of ether oxygens (including phenoxy) is 1. The van der Waals surface area contributed by atoms with Crippen LogP contribution in [0.1, 0.15) is 11.1 Å². The van der Waals surface area contributed by atoms with Gasteiger partial charge in [0.1, 0.15) is 23.5 Å². The number of nitrogens with one attached hydrogen (secondary N) is 2. The number of aromatic amines is 1. The number of aromatic nitrogens is 3. The number of fused-ring (bicyclic) bond motifs is 1. The Labute approximate surface area is 194 Å². The molecular formula is C26H30N6O. The zero-order valence-corrected chi connectivity index (χ0v) is 19.2. The molecule has 0 amide bonds. The van der Waals surface area contributed by atoms with Crippen LogP contribution in [0.2, 0.25) is 0 Å². The zero-order valence-electron chi connectivity index (χ0n) is 19.2. The fourth-order valence-corrected chi connectivity index (χ4v) is 4.26. The first kappa shape index (κ1) is 21.4. The van der Waals surface area contributed by atoms with Gasteiger partial charge in [-0.2, -0.15) is 0 Å². The third kappa shape index (κ3) is 4.99. The predicted octanol–water partition coefficient (Wildman–Crippen LogP) is 3.99. The van der Waals surface area contributed by atoms with E-state index in [4.69, 9.17) is 4.74 Å². The summed E-state index contributed by atoms with van der Waals surface area (Å²) in [5.41, 5.74) is 5.50. The summed E-state index contributed by atoms with van der Waals surface area (Å²) in [5.74, 6) is 1.67. The summed E-state index contributed by atoms with van der Waals surface area (Å²) in [5, 5.41) is 4.43. The Bertz CT molecular complexity index is 1210. The molecule has 7 heteroatoms. The van der Waals surface area contributed by atoms with Gasteiger partial charge in [-0.3, -0.25) is 4.90 Å². The highest BCUT2D eigenvalue weighted by Crippen LogP contribution is 2.27. The van der Waals surface area contributed by atoms with E-state index in [2.05, 4.69) is 73.5 Å². The van der Waals surface area contributed by atoms with Crippen LogP contribution in [0.5, 0.6) is 5.75 Å². The molecule has 0 radical (unpaired) electrons. The topological polar surface area (TPSA) is 69.3 Å². The van der Waals surface area contributed by atoms with Crippen LogP contribution in [0.3, 0.4) is 0 Å². The lowest BCUT2D eigenvalue weighted by atomic mass is 10.1. The molecule has 1 aliphatic heterocycles. The number of benzene rings is 2. The molecule has 0 saturated carbocycles. The van der Waals surface area contributed by atoms with Crippen LogP contribution >= 0.6 is 0 Å². The fourth-order valence-electron chi connectivity index (χ4n) is 4.26. The first-order valence-corrected chi connectivity index (χ1v) is 11.4. The normalized spacial score (nSPS) is 15.1. The van der Waals surface area contributed by atoms with E-state index in [-0.39, 0.29) is 0 Å². The van der Waals surface area contributed by atoms with Crippen LogP contribution < -0.4 is 10.1 Å². The molecule has 33 heavy (non-hydrogen) atoms. The molecule has 3 heterocycles. The number of methoxy groups -OCH3 is 1. The van der Waals surface area contributed by atoms with Crippen molar-refractivity contribution in [2.75, 3.05) is 45.7 Å². The van der Waals surface area contributed by atoms with Crippen molar-refractivity contribution in [2.45, 2.75) is 13.1 Å². The van der Waals surface area contributed by atoms with Gasteiger partial charge in [-0.05, 0) is 41.9 Å². The van der Waals surface area contributed by atoms with Gasteiger partial charge >= 0.3 is 0 Å². The Hall–Kier alpha value is -3.42. The second-order valence-electron chi connectivity index (χ2n) is 8.65. The lowest BCUT2D eigenvalue weighted by Gasteiger charge is -2.32. The molecule has 170 valence electrons. The molecule has 4 aromatic rings. The summed E-state index contributed by atoms with van der Waals surface area (Å²) in [7, 11) is 3.87. The second-order valence-corrected chi connectivity index (χ2v) is 8.65. The molecule has 2 aromatic heterocycles. The lowest BCUT2D eigenvalue weighted by molar-refractivity contribution is 0.148. The predicted molar refractivity (Wildman–Crippen MR) is 132 cm³/mol. The standard InChI is InChI=1S/C26H30N6O/c1-31-10-12-32(13-11-31)17-19-6-8-21(9-7-19)24-15-23-25(28-18-29-26(23)30-24)27-16-20-4-3-5-22(14-20)33-2/h3-9,14-15,18H,10-13,16-17H2,1-2H3,(H2,27,28,29,30). The highest BCUT2D eigenvalue weighted by molar-refractivity contribution is 5.91. The number of likely N-dealkylation sites (N-methyl/N-ethyl adjacent to an activating group) is 1. The maximum atomic E-state index is 5.32. The van der Waals surface area contributed by atoms with E-state index in [9.17, 15) is 0 Å². The van der Waals surface area contributed by atoms with Crippen molar-refractivity contribution < 1.29 is 4.74 Å². The highest BCUT2D eigenvalue weighted by Gasteiger charge is 2.14. The maximum absolute atomic E-state index is 5.32. The third-order valence-corrected chi connectivity index (χ3v) is 6.29. The molecule has 2 N–H and O–H groups in total. The van der Waals surface area contributed by atoms with E-state index in [1.54, 1.807) is 13.4 Å². The third-order valence-electron chi connectivity index (χ3n) is 6.29. The van der Waals surface area contributed by atoms with Crippen LogP contribution in [0, 0.1) is 0 Å². The monoisotopic (exact) mass is 442 g/mol. The van der Waals surface area contributed by atoms with E-state index in [1.807, 2.05) is 18.2 Å². The van der Waals surface area contributed by atoms with Gasteiger partial charge in [0.2, 0.25) is 0 Å². The molecular weight excluding hydrogens is 412 g/mol. The maximum Gasteiger partial charge on any atom is 0.143 e. The van der Waals surface area contributed by atoms with Crippen LogP contribution in [0.15, 0.2) is 60.9 Å². The number of piperazine rings is 1. The van der Waals surface area contributed by atoms with Crippen LogP contribution in [-0.2, 0) is 13.1 Å². The van der Waals surface area contributed by atoms with Crippen molar-refractivity contribution in [3.63, 3.8) is 0 Å². The Morgan fingerprint density at radius 2 is 1.79 bits per heavy atom. The minimum atomic E-state index is 0.658. The summed E-state index contributed by atoms with van der Waals surface area (Å²) >= 11 is 0. The summed E-state index contributed by atoms with van der Waals surface area (Å²) in [6.07, 6.45) is 1.59. The number of rotatable bonds is 7. The summed E-state index contributed by atoms with van der Waals surface area (Å²) in [4.78, 5) is 17.3. The van der Waals surface area contributed by atoms with Crippen LogP contribution in [0.4, 0.5) is 5.82 Å². The second kappa shape index (κ2) is 9.60. The van der Waals surface area contributed by atoms with Gasteiger partial charge in [-0.15, -0.1) is 0 Å². The van der Waals surface area contributed by atoms with Crippen LogP contribution in [-0.4, -0.2) is 65.1 Å².